The molecule has 0 saturated heterocycles. The van der Waals surface area contributed by atoms with Crippen molar-refractivity contribution in [1.29, 1.82) is 0 Å². The summed E-state index contributed by atoms with van der Waals surface area (Å²) in [5.41, 5.74) is 6.18. The van der Waals surface area contributed by atoms with Gasteiger partial charge >= 0.3 is 0 Å². The van der Waals surface area contributed by atoms with Crippen molar-refractivity contribution in [3.8, 4) is 0 Å². The van der Waals surface area contributed by atoms with E-state index in [1.165, 1.54) is 25.7 Å². The van der Waals surface area contributed by atoms with Crippen LogP contribution in [0.1, 0.15) is 59.8 Å². The molecule has 0 heterocycles. The Bertz CT molecular complexity index is 258. The first-order valence-corrected chi connectivity index (χ1v) is 7.02. The van der Waals surface area contributed by atoms with Gasteiger partial charge in [0.2, 0.25) is 0 Å². The Morgan fingerprint density at radius 1 is 1.39 bits per heavy atom. The summed E-state index contributed by atoms with van der Waals surface area (Å²) in [5.74, 6) is 1.42. The summed E-state index contributed by atoms with van der Waals surface area (Å²) in [6.07, 6.45) is 6.57. The lowest BCUT2D eigenvalue weighted by Gasteiger charge is -2.30. The molecule has 1 fully saturated rings. The van der Waals surface area contributed by atoms with Crippen LogP contribution in [0, 0.1) is 11.3 Å². The summed E-state index contributed by atoms with van der Waals surface area (Å²) >= 11 is 0. The standard InChI is InChI=1S/C14H29N3.HI/c1-5-11(2)17-13(15)16-10-14(3,4)12-8-6-7-9-12;/h11-12H,5-10H2,1-4H3,(H3,15,16,17);1H. The van der Waals surface area contributed by atoms with E-state index in [0.717, 1.165) is 18.9 Å². The van der Waals surface area contributed by atoms with Gasteiger partial charge in [0, 0.05) is 12.6 Å². The van der Waals surface area contributed by atoms with Crippen molar-refractivity contribution in [2.24, 2.45) is 22.1 Å². The smallest absolute Gasteiger partial charge is 0.188 e. The Balaban J connectivity index is 0.00000289. The Morgan fingerprint density at radius 3 is 2.44 bits per heavy atom. The van der Waals surface area contributed by atoms with Crippen LogP contribution in [0.2, 0.25) is 0 Å². The zero-order valence-corrected chi connectivity index (χ0v) is 14.7. The second kappa shape index (κ2) is 8.23. The van der Waals surface area contributed by atoms with Gasteiger partial charge in [-0.15, -0.1) is 24.0 Å². The summed E-state index contributed by atoms with van der Waals surface area (Å²) < 4.78 is 0. The number of nitrogens with zero attached hydrogens (tertiary/aromatic N) is 1. The van der Waals surface area contributed by atoms with E-state index in [2.05, 4.69) is 38.0 Å². The molecule has 1 atom stereocenters. The molecule has 1 aliphatic rings. The zero-order chi connectivity index (χ0) is 12.9. The van der Waals surface area contributed by atoms with Gasteiger partial charge in [-0.3, -0.25) is 4.99 Å². The van der Waals surface area contributed by atoms with Crippen molar-refractivity contribution in [1.82, 2.24) is 5.32 Å². The molecular formula is C14H30IN3. The maximum Gasteiger partial charge on any atom is 0.188 e. The quantitative estimate of drug-likeness (QED) is 0.444. The van der Waals surface area contributed by atoms with Gasteiger partial charge in [-0.05, 0) is 37.5 Å². The SMILES string of the molecule is CCC(C)NC(N)=NCC(C)(C)C1CCCC1.I. The highest BCUT2D eigenvalue weighted by molar-refractivity contribution is 14.0. The first-order chi connectivity index (χ1) is 7.95. The number of hydrogen-bond donors (Lipinski definition) is 2. The highest BCUT2D eigenvalue weighted by Crippen LogP contribution is 2.39. The molecule has 0 radical (unpaired) electrons. The maximum absolute atomic E-state index is 5.89. The van der Waals surface area contributed by atoms with E-state index in [0.29, 0.717) is 12.0 Å². The Hall–Kier alpha value is 0. The topological polar surface area (TPSA) is 50.4 Å². The van der Waals surface area contributed by atoms with E-state index in [9.17, 15) is 0 Å². The van der Waals surface area contributed by atoms with Crippen LogP contribution < -0.4 is 11.1 Å². The molecular weight excluding hydrogens is 337 g/mol. The van der Waals surface area contributed by atoms with Crippen LogP contribution in [-0.4, -0.2) is 18.5 Å². The van der Waals surface area contributed by atoms with Gasteiger partial charge in [-0.25, -0.2) is 0 Å². The monoisotopic (exact) mass is 367 g/mol. The van der Waals surface area contributed by atoms with E-state index in [1.807, 2.05) is 0 Å². The van der Waals surface area contributed by atoms with E-state index >= 15 is 0 Å². The molecule has 0 aromatic carbocycles. The van der Waals surface area contributed by atoms with Crippen LogP contribution in [0.25, 0.3) is 0 Å². The minimum absolute atomic E-state index is 0. The molecule has 108 valence electrons. The van der Waals surface area contributed by atoms with E-state index in [4.69, 9.17) is 5.73 Å². The van der Waals surface area contributed by atoms with Crippen LogP contribution in [0.3, 0.4) is 0 Å². The molecule has 0 aromatic heterocycles. The van der Waals surface area contributed by atoms with Gasteiger partial charge < -0.3 is 11.1 Å². The fourth-order valence-corrected chi connectivity index (χ4v) is 2.53. The van der Waals surface area contributed by atoms with Gasteiger partial charge in [-0.1, -0.05) is 33.6 Å². The minimum atomic E-state index is 0. The van der Waals surface area contributed by atoms with Crippen LogP contribution in [0.15, 0.2) is 4.99 Å². The van der Waals surface area contributed by atoms with Gasteiger partial charge in [0.05, 0.1) is 0 Å². The first kappa shape index (κ1) is 18.0. The van der Waals surface area contributed by atoms with E-state index in [1.54, 1.807) is 0 Å². The Morgan fingerprint density at radius 2 is 1.94 bits per heavy atom. The average molecular weight is 367 g/mol. The lowest BCUT2D eigenvalue weighted by Crippen LogP contribution is -2.39. The lowest BCUT2D eigenvalue weighted by molar-refractivity contribution is 0.227. The van der Waals surface area contributed by atoms with Crippen LogP contribution in [0.5, 0.6) is 0 Å². The number of hydrogen-bond acceptors (Lipinski definition) is 1. The molecule has 18 heavy (non-hydrogen) atoms. The third-order valence-electron chi connectivity index (χ3n) is 4.12. The van der Waals surface area contributed by atoms with Crippen molar-refractivity contribution in [3.05, 3.63) is 0 Å². The lowest BCUT2D eigenvalue weighted by atomic mass is 9.78. The molecule has 0 spiro atoms. The second-order valence-corrected chi connectivity index (χ2v) is 6.13. The van der Waals surface area contributed by atoms with Gasteiger partial charge in [0.25, 0.3) is 0 Å². The highest BCUT2D eigenvalue weighted by Gasteiger charge is 2.31. The van der Waals surface area contributed by atoms with Crippen molar-refractivity contribution in [3.63, 3.8) is 0 Å². The largest absolute Gasteiger partial charge is 0.370 e. The maximum atomic E-state index is 5.89. The average Bonchev–Trinajstić information content (AvgIpc) is 2.80. The van der Waals surface area contributed by atoms with Crippen LogP contribution in [-0.2, 0) is 0 Å². The Labute approximate surface area is 129 Å². The molecule has 1 rings (SSSR count). The molecule has 0 bridgehead atoms. The summed E-state index contributed by atoms with van der Waals surface area (Å²) in [6, 6.07) is 0.411. The molecule has 0 aliphatic heterocycles. The molecule has 0 aromatic rings. The summed E-state index contributed by atoms with van der Waals surface area (Å²) in [4.78, 5) is 4.51. The molecule has 4 heteroatoms. The van der Waals surface area contributed by atoms with Crippen molar-refractivity contribution in [2.75, 3.05) is 6.54 Å². The van der Waals surface area contributed by atoms with Crippen LogP contribution >= 0.6 is 24.0 Å². The molecule has 1 aliphatic carbocycles. The first-order valence-electron chi connectivity index (χ1n) is 7.02. The number of nitrogens with two attached hydrogens (primary N) is 1. The zero-order valence-electron chi connectivity index (χ0n) is 12.3. The van der Waals surface area contributed by atoms with Gasteiger partial charge in [0.15, 0.2) is 5.96 Å². The van der Waals surface area contributed by atoms with E-state index in [-0.39, 0.29) is 29.4 Å². The predicted molar refractivity (Wildman–Crippen MR) is 90.5 cm³/mol. The van der Waals surface area contributed by atoms with Crippen molar-refractivity contribution < 1.29 is 0 Å². The van der Waals surface area contributed by atoms with E-state index < -0.39 is 0 Å². The highest BCUT2D eigenvalue weighted by atomic mass is 127. The fraction of sp³-hybridized carbons (Fsp3) is 0.929. The third-order valence-corrected chi connectivity index (χ3v) is 4.12. The van der Waals surface area contributed by atoms with Crippen molar-refractivity contribution in [2.45, 2.75) is 65.8 Å². The second-order valence-electron chi connectivity index (χ2n) is 6.13. The number of guanidine groups is 1. The fourth-order valence-electron chi connectivity index (χ4n) is 2.53. The predicted octanol–water partition coefficient (Wildman–Crippen LogP) is 3.52. The summed E-state index contributed by atoms with van der Waals surface area (Å²) in [5, 5.41) is 3.22. The molecule has 0 amide bonds. The number of halogens is 1. The van der Waals surface area contributed by atoms with Crippen LogP contribution in [0.4, 0.5) is 0 Å². The number of rotatable bonds is 5. The molecule has 3 nitrogen and oxygen atoms in total. The van der Waals surface area contributed by atoms with Gasteiger partial charge in [0.1, 0.15) is 0 Å². The normalized spacial score (nSPS) is 19.4. The third kappa shape index (κ3) is 5.76. The number of aliphatic imine (C=N–C) groups is 1. The van der Waals surface area contributed by atoms with Crippen molar-refractivity contribution >= 4 is 29.9 Å². The molecule has 1 unspecified atom stereocenters. The minimum Gasteiger partial charge on any atom is -0.370 e. The Kier molecular flexibility index (Phi) is 8.23. The van der Waals surface area contributed by atoms with Gasteiger partial charge in [-0.2, -0.15) is 0 Å². The molecule has 3 N–H and O–H groups in total. The summed E-state index contributed by atoms with van der Waals surface area (Å²) in [7, 11) is 0. The number of nitrogens with one attached hydrogen (secondary N) is 1. The molecule has 1 saturated carbocycles. The summed E-state index contributed by atoms with van der Waals surface area (Å²) in [6.45, 7) is 9.76.